The van der Waals surface area contributed by atoms with E-state index in [0.29, 0.717) is 5.01 Å². The first-order valence-corrected chi connectivity index (χ1v) is 6.50. The lowest BCUT2D eigenvalue weighted by atomic mass is 10.1. The molecule has 1 amide bonds. The summed E-state index contributed by atoms with van der Waals surface area (Å²) in [5, 5.41) is 10.8. The first kappa shape index (κ1) is 12.0. The van der Waals surface area contributed by atoms with E-state index in [1.165, 1.54) is 23.1 Å². The van der Waals surface area contributed by atoms with Crippen LogP contribution in [0.2, 0.25) is 0 Å². The number of rotatable bonds is 3. The highest BCUT2D eigenvalue weighted by Crippen LogP contribution is 2.14. The van der Waals surface area contributed by atoms with E-state index in [1.807, 2.05) is 4.90 Å². The minimum Gasteiger partial charge on any atom is -0.476 e. The van der Waals surface area contributed by atoms with Gasteiger partial charge in [0.25, 0.3) is 0 Å². The summed E-state index contributed by atoms with van der Waals surface area (Å²) in [5.74, 6) is -0.992. The zero-order valence-electron chi connectivity index (χ0n) is 9.39. The Morgan fingerprint density at radius 3 is 2.65 bits per heavy atom. The van der Waals surface area contributed by atoms with Crippen molar-refractivity contribution in [2.75, 3.05) is 13.1 Å². The number of carboxylic acids is 1. The molecule has 1 N–H and O–H groups in total. The van der Waals surface area contributed by atoms with Crippen LogP contribution in [-0.4, -0.2) is 40.0 Å². The monoisotopic (exact) mass is 254 g/mol. The Morgan fingerprint density at radius 2 is 2.06 bits per heavy atom. The first-order chi connectivity index (χ1) is 8.16. The topological polar surface area (TPSA) is 70.5 Å². The standard InChI is InChI=1S/C11H14N2O3S/c14-10(13-4-2-1-3-5-13)6-9-12-8(7-17-9)11(15)16/h7H,1-6H2,(H,15,16). The molecular formula is C11H14N2O3S. The van der Waals surface area contributed by atoms with E-state index in [1.54, 1.807) is 0 Å². The molecule has 0 atom stereocenters. The summed E-state index contributed by atoms with van der Waals surface area (Å²) in [7, 11) is 0. The fraction of sp³-hybridized carbons (Fsp3) is 0.545. The van der Waals surface area contributed by atoms with Gasteiger partial charge in [-0.2, -0.15) is 0 Å². The Kier molecular flexibility index (Phi) is 3.73. The van der Waals surface area contributed by atoms with Crippen molar-refractivity contribution in [1.82, 2.24) is 9.88 Å². The summed E-state index contributed by atoms with van der Waals surface area (Å²) in [4.78, 5) is 28.3. The summed E-state index contributed by atoms with van der Waals surface area (Å²) in [6.07, 6.45) is 3.52. The molecule has 5 nitrogen and oxygen atoms in total. The van der Waals surface area contributed by atoms with Gasteiger partial charge in [0.2, 0.25) is 5.91 Å². The van der Waals surface area contributed by atoms with Crippen LogP contribution in [-0.2, 0) is 11.2 Å². The van der Waals surface area contributed by atoms with Gasteiger partial charge in [0.05, 0.1) is 6.42 Å². The van der Waals surface area contributed by atoms with Gasteiger partial charge in [-0.05, 0) is 19.3 Å². The van der Waals surface area contributed by atoms with Crippen LogP contribution in [0.1, 0.15) is 34.8 Å². The number of carboxylic acid groups (broad SMARTS) is 1. The largest absolute Gasteiger partial charge is 0.476 e. The second kappa shape index (κ2) is 5.27. The molecule has 0 aromatic carbocycles. The van der Waals surface area contributed by atoms with Crippen LogP contribution in [0.4, 0.5) is 0 Å². The molecule has 1 saturated heterocycles. The van der Waals surface area contributed by atoms with Gasteiger partial charge in [-0.25, -0.2) is 9.78 Å². The number of carbonyl (C=O) groups is 2. The van der Waals surface area contributed by atoms with Crippen molar-refractivity contribution in [3.8, 4) is 0 Å². The van der Waals surface area contributed by atoms with E-state index in [0.717, 1.165) is 25.9 Å². The third kappa shape index (κ3) is 3.03. The normalized spacial score (nSPS) is 15.9. The maximum Gasteiger partial charge on any atom is 0.355 e. The summed E-state index contributed by atoms with van der Waals surface area (Å²) < 4.78 is 0. The van der Waals surface area contributed by atoms with Gasteiger partial charge in [-0.1, -0.05) is 0 Å². The number of piperidine rings is 1. The van der Waals surface area contributed by atoms with Gasteiger partial charge >= 0.3 is 5.97 Å². The third-order valence-electron chi connectivity index (χ3n) is 2.78. The number of aromatic carboxylic acids is 1. The molecule has 1 aliphatic rings. The lowest BCUT2D eigenvalue weighted by molar-refractivity contribution is -0.131. The van der Waals surface area contributed by atoms with Gasteiger partial charge in [0.1, 0.15) is 5.01 Å². The van der Waals surface area contributed by atoms with Crippen molar-refractivity contribution in [2.45, 2.75) is 25.7 Å². The number of amides is 1. The minimum absolute atomic E-state index is 0.0245. The first-order valence-electron chi connectivity index (χ1n) is 5.62. The lowest BCUT2D eigenvalue weighted by Crippen LogP contribution is -2.36. The molecule has 1 aromatic rings. The van der Waals surface area contributed by atoms with E-state index in [-0.39, 0.29) is 18.0 Å². The van der Waals surface area contributed by atoms with Crippen molar-refractivity contribution < 1.29 is 14.7 Å². The number of carbonyl (C=O) groups excluding carboxylic acids is 1. The van der Waals surface area contributed by atoms with Gasteiger partial charge in [-0.15, -0.1) is 11.3 Å². The van der Waals surface area contributed by atoms with Crippen molar-refractivity contribution in [3.63, 3.8) is 0 Å². The molecule has 6 heteroatoms. The van der Waals surface area contributed by atoms with Gasteiger partial charge in [0, 0.05) is 18.5 Å². The Morgan fingerprint density at radius 1 is 1.35 bits per heavy atom. The minimum atomic E-state index is -1.04. The van der Waals surface area contributed by atoms with E-state index in [9.17, 15) is 9.59 Å². The number of hydrogen-bond donors (Lipinski definition) is 1. The lowest BCUT2D eigenvalue weighted by Gasteiger charge is -2.26. The molecule has 0 bridgehead atoms. The zero-order chi connectivity index (χ0) is 12.3. The fourth-order valence-corrected chi connectivity index (χ4v) is 2.63. The predicted octanol–water partition coefficient (Wildman–Crippen LogP) is 1.40. The molecular weight excluding hydrogens is 240 g/mol. The van der Waals surface area contributed by atoms with E-state index < -0.39 is 5.97 Å². The Labute approximate surface area is 103 Å². The molecule has 0 spiro atoms. The summed E-state index contributed by atoms with van der Waals surface area (Å²) in [6, 6.07) is 0. The van der Waals surface area contributed by atoms with Crippen LogP contribution in [0.3, 0.4) is 0 Å². The van der Waals surface area contributed by atoms with E-state index >= 15 is 0 Å². The van der Waals surface area contributed by atoms with E-state index in [2.05, 4.69) is 4.98 Å². The second-order valence-corrected chi connectivity index (χ2v) is 4.99. The van der Waals surface area contributed by atoms with Gasteiger partial charge in [0.15, 0.2) is 5.69 Å². The summed E-state index contributed by atoms with van der Waals surface area (Å²) in [5.41, 5.74) is 0.0245. The molecule has 2 heterocycles. The Balaban J connectivity index is 1.94. The maximum absolute atomic E-state index is 11.9. The van der Waals surface area contributed by atoms with Crippen LogP contribution in [0, 0.1) is 0 Å². The van der Waals surface area contributed by atoms with Crippen molar-refractivity contribution >= 4 is 23.2 Å². The van der Waals surface area contributed by atoms with Crippen LogP contribution in [0.5, 0.6) is 0 Å². The van der Waals surface area contributed by atoms with Crippen LogP contribution >= 0.6 is 11.3 Å². The fourth-order valence-electron chi connectivity index (χ4n) is 1.87. The van der Waals surface area contributed by atoms with Crippen molar-refractivity contribution in [2.24, 2.45) is 0 Å². The summed E-state index contributed by atoms with van der Waals surface area (Å²) in [6.45, 7) is 1.63. The van der Waals surface area contributed by atoms with Gasteiger partial charge < -0.3 is 10.0 Å². The second-order valence-electron chi connectivity index (χ2n) is 4.05. The molecule has 0 unspecified atom stereocenters. The molecule has 1 fully saturated rings. The van der Waals surface area contributed by atoms with Gasteiger partial charge in [-0.3, -0.25) is 4.79 Å². The smallest absolute Gasteiger partial charge is 0.355 e. The van der Waals surface area contributed by atoms with Crippen LogP contribution in [0.15, 0.2) is 5.38 Å². The SMILES string of the molecule is O=C(O)c1csc(CC(=O)N2CCCCC2)n1. The molecule has 1 aliphatic heterocycles. The average Bonchev–Trinajstić information content (AvgIpc) is 2.79. The number of likely N-dealkylation sites (tertiary alicyclic amines) is 1. The molecule has 0 radical (unpaired) electrons. The number of hydrogen-bond acceptors (Lipinski definition) is 4. The molecule has 1 aromatic heterocycles. The number of nitrogens with zero attached hydrogens (tertiary/aromatic N) is 2. The number of aromatic nitrogens is 1. The van der Waals surface area contributed by atoms with Crippen LogP contribution < -0.4 is 0 Å². The Bertz CT molecular complexity index is 424. The predicted molar refractivity (Wildman–Crippen MR) is 63.2 cm³/mol. The molecule has 0 saturated carbocycles. The zero-order valence-corrected chi connectivity index (χ0v) is 10.2. The van der Waals surface area contributed by atoms with Crippen LogP contribution in [0.25, 0.3) is 0 Å². The van der Waals surface area contributed by atoms with Crippen molar-refractivity contribution in [3.05, 3.63) is 16.1 Å². The third-order valence-corrected chi connectivity index (χ3v) is 3.63. The summed E-state index contributed by atoms with van der Waals surface area (Å²) >= 11 is 1.23. The molecule has 17 heavy (non-hydrogen) atoms. The Hall–Kier alpha value is -1.43. The van der Waals surface area contributed by atoms with E-state index in [4.69, 9.17) is 5.11 Å². The average molecular weight is 254 g/mol. The molecule has 0 aliphatic carbocycles. The maximum atomic E-state index is 11.9. The quantitative estimate of drug-likeness (QED) is 0.885. The highest BCUT2D eigenvalue weighted by molar-refractivity contribution is 7.09. The van der Waals surface area contributed by atoms with Crippen molar-refractivity contribution in [1.29, 1.82) is 0 Å². The molecule has 92 valence electrons. The number of thiazole rings is 1. The highest BCUT2D eigenvalue weighted by atomic mass is 32.1. The molecule has 2 rings (SSSR count). The highest BCUT2D eigenvalue weighted by Gasteiger charge is 2.18.